The zero-order chi connectivity index (χ0) is 15.3. The van der Waals surface area contributed by atoms with Crippen LogP contribution in [0.25, 0.3) is 0 Å². The quantitative estimate of drug-likeness (QED) is 0.900. The van der Waals surface area contributed by atoms with Crippen molar-refractivity contribution in [3.63, 3.8) is 0 Å². The van der Waals surface area contributed by atoms with Crippen molar-refractivity contribution < 1.29 is 5.11 Å². The third-order valence-corrected chi connectivity index (χ3v) is 6.05. The number of hydrogen-bond acceptors (Lipinski definition) is 2. The van der Waals surface area contributed by atoms with E-state index in [4.69, 9.17) is 11.6 Å². The Morgan fingerprint density at radius 2 is 1.80 bits per heavy atom. The van der Waals surface area contributed by atoms with Gasteiger partial charge in [0.05, 0.1) is 22.5 Å². The predicted octanol–water partition coefficient (Wildman–Crippen LogP) is 3.70. The molecule has 0 aromatic carbocycles. The first-order valence-electron chi connectivity index (χ1n) is 7.60. The molecule has 1 N–H and O–H groups in total. The average Bonchev–Trinajstić information content (AvgIpc) is 2.63. The maximum Gasteiger partial charge on any atom is 0.0850 e. The summed E-state index contributed by atoms with van der Waals surface area (Å²) in [4.78, 5) is 0. The van der Waals surface area contributed by atoms with Gasteiger partial charge in [-0.3, -0.25) is 4.68 Å². The van der Waals surface area contributed by atoms with E-state index in [9.17, 15) is 5.11 Å². The molecule has 1 aromatic rings. The minimum absolute atomic E-state index is 0.184. The van der Waals surface area contributed by atoms with Gasteiger partial charge in [-0.2, -0.15) is 5.10 Å². The molecule has 0 amide bonds. The van der Waals surface area contributed by atoms with E-state index in [-0.39, 0.29) is 16.9 Å². The average molecular weight is 299 g/mol. The molecule has 0 spiro atoms. The molecule has 1 aliphatic rings. The van der Waals surface area contributed by atoms with Crippen LogP contribution in [-0.2, 0) is 19.4 Å². The minimum atomic E-state index is -0.357. The number of nitrogens with zero attached hydrogens (tertiary/aromatic N) is 2. The summed E-state index contributed by atoms with van der Waals surface area (Å²) >= 11 is 6.43. The number of aryl methyl sites for hydroxylation is 2. The summed E-state index contributed by atoms with van der Waals surface area (Å²) in [5, 5.41) is 15.9. The third-order valence-electron chi connectivity index (χ3n) is 5.61. The third kappa shape index (κ3) is 2.19. The molecule has 4 heteroatoms. The Hall–Kier alpha value is -0.540. The molecule has 0 aliphatic heterocycles. The van der Waals surface area contributed by atoms with E-state index in [2.05, 4.69) is 46.6 Å². The Morgan fingerprint density at radius 1 is 1.25 bits per heavy atom. The molecule has 1 aliphatic carbocycles. The van der Waals surface area contributed by atoms with Crippen LogP contribution in [0.4, 0.5) is 0 Å². The van der Waals surface area contributed by atoms with Gasteiger partial charge in [0, 0.05) is 13.0 Å². The largest absolute Gasteiger partial charge is 0.392 e. The van der Waals surface area contributed by atoms with Crippen LogP contribution >= 0.6 is 11.6 Å². The molecule has 1 heterocycles. The maximum absolute atomic E-state index is 10.6. The van der Waals surface area contributed by atoms with Gasteiger partial charge in [0.1, 0.15) is 0 Å². The number of halogens is 1. The molecule has 3 nitrogen and oxygen atoms in total. The van der Waals surface area contributed by atoms with Crippen molar-refractivity contribution in [2.75, 3.05) is 0 Å². The molecule has 0 radical (unpaired) electrons. The van der Waals surface area contributed by atoms with E-state index in [1.807, 2.05) is 4.68 Å². The van der Waals surface area contributed by atoms with Crippen molar-refractivity contribution in [1.29, 1.82) is 0 Å². The second-order valence-electron chi connectivity index (χ2n) is 7.07. The monoisotopic (exact) mass is 298 g/mol. The Bertz CT molecular complexity index is 491. The van der Waals surface area contributed by atoms with Gasteiger partial charge in [-0.05, 0) is 30.1 Å². The molecular formula is C16H27ClN2O. The van der Waals surface area contributed by atoms with E-state index in [1.165, 1.54) is 0 Å². The van der Waals surface area contributed by atoms with Gasteiger partial charge in [-0.15, -0.1) is 0 Å². The lowest BCUT2D eigenvalue weighted by Crippen LogP contribution is -2.20. The standard InChI is InChI=1S/C16H27ClN2O/c1-7-10-13(17)11(19(8-2)18-10)9-12(20)14-15(3,4)16(14,5)6/h12,14,20H,7-9H2,1-6H3. The van der Waals surface area contributed by atoms with E-state index in [1.54, 1.807) is 0 Å². The lowest BCUT2D eigenvalue weighted by molar-refractivity contribution is 0.127. The fourth-order valence-corrected chi connectivity index (χ4v) is 4.08. The number of aromatic nitrogens is 2. The summed E-state index contributed by atoms with van der Waals surface area (Å²) in [7, 11) is 0. The number of aliphatic hydroxyl groups excluding tert-OH is 1. The maximum atomic E-state index is 10.6. The van der Waals surface area contributed by atoms with Crippen LogP contribution in [-0.4, -0.2) is 21.0 Å². The van der Waals surface area contributed by atoms with Gasteiger partial charge in [0.25, 0.3) is 0 Å². The normalized spacial score (nSPS) is 22.0. The number of hydrogen-bond donors (Lipinski definition) is 1. The molecule has 20 heavy (non-hydrogen) atoms. The molecule has 0 saturated heterocycles. The van der Waals surface area contributed by atoms with Gasteiger partial charge in [0.2, 0.25) is 0 Å². The Morgan fingerprint density at radius 3 is 2.20 bits per heavy atom. The van der Waals surface area contributed by atoms with Crippen LogP contribution in [0.5, 0.6) is 0 Å². The molecule has 1 fully saturated rings. The smallest absolute Gasteiger partial charge is 0.0850 e. The van der Waals surface area contributed by atoms with Crippen molar-refractivity contribution in [3.8, 4) is 0 Å². The number of aliphatic hydroxyl groups is 1. The summed E-state index contributed by atoms with van der Waals surface area (Å²) < 4.78 is 1.94. The van der Waals surface area contributed by atoms with Crippen molar-refractivity contribution in [3.05, 3.63) is 16.4 Å². The molecule has 1 saturated carbocycles. The van der Waals surface area contributed by atoms with Crippen LogP contribution in [0.2, 0.25) is 5.02 Å². The first-order valence-corrected chi connectivity index (χ1v) is 7.98. The predicted molar refractivity (Wildman–Crippen MR) is 83.1 cm³/mol. The number of rotatable bonds is 5. The Balaban J connectivity index is 2.21. The molecule has 1 atom stereocenters. The zero-order valence-corrected chi connectivity index (χ0v) is 14.3. The minimum Gasteiger partial charge on any atom is -0.392 e. The molecule has 114 valence electrons. The molecule has 1 aromatic heterocycles. The summed E-state index contributed by atoms with van der Waals surface area (Å²) in [6.45, 7) is 13.8. The van der Waals surface area contributed by atoms with Gasteiger partial charge in [-0.1, -0.05) is 46.2 Å². The second kappa shape index (κ2) is 5.03. The van der Waals surface area contributed by atoms with E-state index in [0.717, 1.165) is 29.4 Å². The van der Waals surface area contributed by atoms with Gasteiger partial charge in [-0.25, -0.2) is 0 Å². The highest BCUT2D eigenvalue weighted by atomic mass is 35.5. The molecule has 1 unspecified atom stereocenters. The van der Waals surface area contributed by atoms with Crippen LogP contribution in [0.3, 0.4) is 0 Å². The first kappa shape index (κ1) is 15.8. The summed E-state index contributed by atoms with van der Waals surface area (Å²) in [5.41, 5.74) is 2.29. The van der Waals surface area contributed by atoms with Crippen molar-refractivity contribution in [2.24, 2.45) is 16.7 Å². The lowest BCUT2D eigenvalue weighted by atomic mass is 10.0. The Labute approximate surface area is 127 Å². The van der Waals surface area contributed by atoms with Crippen LogP contribution in [0, 0.1) is 16.7 Å². The first-order chi connectivity index (χ1) is 9.18. The topological polar surface area (TPSA) is 38.0 Å². The van der Waals surface area contributed by atoms with Crippen molar-refractivity contribution >= 4 is 11.6 Å². The van der Waals surface area contributed by atoms with Crippen molar-refractivity contribution in [2.45, 2.75) is 67.0 Å². The fraction of sp³-hybridized carbons (Fsp3) is 0.812. The highest BCUT2D eigenvalue weighted by Crippen LogP contribution is 2.69. The fourth-order valence-electron chi connectivity index (χ4n) is 3.74. The summed E-state index contributed by atoms with van der Waals surface area (Å²) in [6.07, 6.45) is 1.07. The zero-order valence-electron chi connectivity index (χ0n) is 13.5. The molecule has 0 bridgehead atoms. The summed E-state index contributed by atoms with van der Waals surface area (Å²) in [5.74, 6) is 0.316. The molecular weight excluding hydrogens is 272 g/mol. The highest BCUT2D eigenvalue weighted by molar-refractivity contribution is 6.31. The Kier molecular flexibility index (Phi) is 3.98. The van der Waals surface area contributed by atoms with E-state index < -0.39 is 0 Å². The SMILES string of the molecule is CCc1nn(CC)c(CC(O)C2C(C)(C)C2(C)C)c1Cl. The van der Waals surface area contributed by atoms with Gasteiger partial charge >= 0.3 is 0 Å². The lowest BCUT2D eigenvalue weighted by Gasteiger charge is -2.14. The highest BCUT2D eigenvalue weighted by Gasteiger charge is 2.67. The van der Waals surface area contributed by atoms with Crippen LogP contribution in [0.1, 0.15) is 52.9 Å². The molecule has 2 rings (SSSR count). The van der Waals surface area contributed by atoms with E-state index >= 15 is 0 Å². The van der Waals surface area contributed by atoms with E-state index in [0.29, 0.717) is 12.3 Å². The van der Waals surface area contributed by atoms with Crippen LogP contribution < -0.4 is 0 Å². The van der Waals surface area contributed by atoms with Gasteiger partial charge < -0.3 is 5.11 Å². The van der Waals surface area contributed by atoms with Gasteiger partial charge in [0.15, 0.2) is 0 Å². The summed E-state index contributed by atoms with van der Waals surface area (Å²) in [6, 6.07) is 0. The second-order valence-corrected chi connectivity index (χ2v) is 7.45. The van der Waals surface area contributed by atoms with Crippen molar-refractivity contribution in [1.82, 2.24) is 9.78 Å². The van der Waals surface area contributed by atoms with Crippen LogP contribution in [0.15, 0.2) is 0 Å².